The van der Waals surface area contributed by atoms with Crippen LogP contribution in [-0.4, -0.2) is 6.29 Å². The molecule has 0 radical (unpaired) electrons. The molecule has 4 rings (SSSR count). The van der Waals surface area contributed by atoms with E-state index in [1.54, 1.807) is 0 Å². The highest BCUT2D eigenvalue weighted by molar-refractivity contribution is 5.56. The van der Waals surface area contributed by atoms with E-state index >= 15 is 0 Å². The van der Waals surface area contributed by atoms with Gasteiger partial charge in [-0.25, -0.2) is 0 Å². The molecule has 0 heterocycles. The highest BCUT2D eigenvalue weighted by Crippen LogP contribution is 2.40. The van der Waals surface area contributed by atoms with Gasteiger partial charge in [0.15, 0.2) is 0 Å². The maximum Gasteiger partial charge on any atom is 0.120 e. The molecule has 1 heteroatoms. The Balaban J connectivity index is 0.000000472. The fourth-order valence-electron chi connectivity index (χ4n) is 4.70. The van der Waals surface area contributed by atoms with E-state index in [1.165, 1.54) is 84.7 Å². The Morgan fingerprint density at radius 2 is 1.17 bits per heavy atom. The number of allylic oxidation sites excluding steroid dienone is 1. The number of hydrogen-bond acceptors (Lipinski definition) is 1. The van der Waals surface area contributed by atoms with Crippen molar-refractivity contribution in [2.75, 3.05) is 0 Å². The van der Waals surface area contributed by atoms with Crippen LogP contribution < -0.4 is 0 Å². The SMILES string of the molecule is C1CCC1.C1CCC1.CCC(C)(C)/C=C/c1ccc(C(CC)(CC)c2ccc(C)c(C)c2)cc1C.CCC(C)CC=O. The van der Waals surface area contributed by atoms with Gasteiger partial charge in [-0.05, 0) is 84.7 Å². The number of benzene rings is 2. The van der Waals surface area contributed by atoms with Gasteiger partial charge in [-0.15, -0.1) is 0 Å². The maximum atomic E-state index is 9.77. The molecule has 2 aromatic rings. The summed E-state index contributed by atoms with van der Waals surface area (Å²) in [6.07, 6.45) is 22.8. The van der Waals surface area contributed by atoms with Crippen molar-refractivity contribution in [3.8, 4) is 0 Å². The van der Waals surface area contributed by atoms with Crippen LogP contribution in [0, 0.1) is 32.1 Å². The molecule has 0 bridgehead atoms. The standard InChI is InChI=1S/C27H38.C6H12O.2C4H8/c1-9-26(7,8)17-16-23-13-15-25(19-22(23)6)27(10-2,11-3)24-14-12-20(4)21(5)18-24;1-3-6(2)4-5-7;2*1-2-4-3-1/h12-19H,9-11H2,1-8H3;5-6H,3-4H2,1-2H3;2*1-4H2/b17-16+;;;. The fourth-order valence-corrected chi connectivity index (χ4v) is 4.70. The van der Waals surface area contributed by atoms with Crippen molar-refractivity contribution >= 4 is 12.4 Å². The van der Waals surface area contributed by atoms with Crippen LogP contribution in [0.15, 0.2) is 42.5 Å². The molecule has 1 atom stereocenters. The lowest BCUT2D eigenvalue weighted by Gasteiger charge is -2.34. The van der Waals surface area contributed by atoms with Crippen molar-refractivity contribution in [1.29, 1.82) is 0 Å². The van der Waals surface area contributed by atoms with E-state index in [-0.39, 0.29) is 10.8 Å². The lowest BCUT2D eigenvalue weighted by atomic mass is 9.69. The second kappa shape index (κ2) is 19.9. The van der Waals surface area contributed by atoms with Crippen molar-refractivity contribution < 1.29 is 4.79 Å². The maximum absolute atomic E-state index is 9.77. The van der Waals surface area contributed by atoms with Crippen LogP contribution in [-0.2, 0) is 10.2 Å². The van der Waals surface area contributed by atoms with Crippen LogP contribution in [0.2, 0.25) is 0 Å². The van der Waals surface area contributed by atoms with E-state index in [0.717, 1.165) is 38.4 Å². The van der Waals surface area contributed by atoms with Crippen LogP contribution in [0.25, 0.3) is 6.08 Å². The molecule has 0 spiro atoms. The lowest BCUT2D eigenvalue weighted by molar-refractivity contribution is -0.108. The minimum atomic E-state index is 0.0914. The quantitative estimate of drug-likeness (QED) is 0.258. The summed E-state index contributed by atoms with van der Waals surface area (Å²) < 4.78 is 0. The average Bonchev–Trinajstić information content (AvgIpc) is 2.89. The summed E-state index contributed by atoms with van der Waals surface area (Å²) in [4.78, 5) is 9.77. The van der Waals surface area contributed by atoms with Crippen LogP contribution in [0.1, 0.15) is 165 Å². The molecular weight excluding hydrogens is 508 g/mol. The summed E-state index contributed by atoms with van der Waals surface area (Å²) in [6.45, 7) is 22.3. The topological polar surface area (TPSA) is 17.1 Å². The Labute approximate surface area is 262 Å². The van der Waals surface area contributed by atoms with E-state index in [4.69, 9.17) is 0 Å². The fraction of sp³-hybridized carbons (Fsp3) is 0.634. The van der Waals surface area contributed by atoms with E-state index in [9.17, 15) is 4.79 Å². The number of rotatable bonds is 10. The zero-order chi connectivity index (χ0) is 31.6. The molecule has 0 N–H and O–H groups in total. The minimum absolute atomic E-state index is 0.0914. The van der Waals surface area contributed by atoms with E-state index < -0.39 is 0 Å². The molecule has 1 nitrogen and oxygen atoms in total. The second-order valence-corrected chi connectivity index (χ2v) is 13.6. The summed E-state index contributed by atoms with van der Waals surface area (Å²) in [5, 5.41) is 0. The second-order valence-electron chi connectivity index (χ2n) is 13.6. The highest BCUT2D eigenvalue weighted by Gasteiger charge is 2.31. The molecule has 2 aliphatic carbocycles. The first-order valence-corrected chi connectivity index (χ1v) is 17.3. The molecule has 0 aliphatic heterocycles. The van der Waals surface area contributed by atoms with Crippen molar-refractivity contribution in [3.63, 3.8) is 0 Å². The molecule has 2 fully saturated rings. The van der Waals surface area contributed by atoms with Gasteiger partial charge in [0.05, 0.1) is 0 Å². The molecule has 0 aromatic heterocycles. The third-order valence-corrected chi connectivity index (χ3v) is 9.91. The van der Waals surface area contributed by atoms with Crippen molar-refractivity contribution in [1.82, 2.24) is 0 Å². The molecule has 0 saturated heterocycles. The van der Waals surface area contributed by atoms with E-state index in [2.05, 4.69) is 118 Å². The number of carbonyl (C=O) groups is 1. The number of hydrogen-bond donors (Lipinski definition) is 0. The Hall–Kier alpha value is -2.15. The Morgan fingerprint density at radius 1 is 0.690 bits per heavy atom. The van der Waals surface area contributed by atoms with E-state index in [1.807, 2.05) is 0 Å². The number of carbonyl (C=O) groups excluding carboxylic acids is 1. The summed E-state index contributed by atoms with van der Waals surface area (Å²) in [7, 11) is 0. The van der Waals surface area contributed by atoms with Gasteiger partial charge in [0.1, 0.15) is 6.29 Å². The van der Waals surface area contributed by atoms with Crippen LogP contribution in [0.5, 0.6) is 0 Å². The molecule has 0 amide bonds. The van der Waals surface area contributed by atoms with Crippen LogP contribution in [0.3, 0.4) is 0 Å². The molecule has 2 saturated carbocycles. The van der Waals surface area contributed by atoms with Crippen LogP contribution >= 0.6 is 0 Å². The van der Waals surface area contributed by atoms with E-state index in [0.29, 0.717) is 5.92 Å². The van der Waals surface area contributed by atoms with Gasteiger partial charge in [-0.2, -0.15) is 0 Å². The molecule has 236 valence electrons. The van der Waals surface area contributed by atoms with Crippen molar-refractivity contribution in [2.45, 2.75) is 158 Å². The summed E-state index contributed by atoms with van der Waals surface area (Å²) in [5.41, 5.74) is 8.69. The molecule has 2 aliphatic rings. The van der Waals surface area contributed by atoms with Crippen LogP contribution in [0.4, 0.5) is 0 Å². The predicted octanol–water partition coefficient (Wildman–Crippen LogP) is 12.9. The summed E-state index contributed by atoms with van der Waals surface area (Å²) >= 11 is 0. The summed E-state index contributed by atoms with van der Waals surface area (Å²) in [6, 6.07) is 14.1. The lowest BCUT2D eigenvalue weighted by Crippen LogP contribution is -2.26. The molecule has 2 aromatic carbocycles. The van der Waals surface area contributed by atoms with Gasteiger partial charge in [0, 0.05) is 11.8 Å². The van der Waals surface area contributed by atoms with Gasteiger partial charge >= 0.3 is 0 Å². The Morgan fingerprint density at radius 3 is 1.50 bits per heavy atom. The number of aryl methyl sites for hydroxylation is 3. The zero-order valence-electron chi connectivity index (χ0n) is 29.4. The van der Waals surface area contributed by atoms with Crippen molar-refractivity contribution in [3.05, 3.63) is 75.9 Å². The molecule has 42 heavy (non-hydrogen) atoms. The predicted molar refractivity (Wildman–Crippen MR) is 189 cm³/mol. The van der Waals surface area contributed by atoms with Gasteiger partial charge < -0.3 is 4.79 Å². The van der Waals surface area contributed by atoms with Gasteiger partial charge in [-0.3, -0.25) is 0 Å². The first kappa shape index (κ1) is 37.9. The summed E-state index contributed by atoms with van der Waals surface area (Å²) in [5.74, 6) is 0.581. The highest BCUT2D eigenvalue weighted by atomic mass is 16.1. The first-order valence-electron chi connectivity index (χ1n) is 17.3. The van der Waals surface area contributed by atoms with Gasteiger partial charge in [0.2, 0.25) is 0 Å². The van der Waals surface area contributed by atoms with Crippen molar-refractivity contribution in [2.24, 2.45) is 11.3 Å². The Bertz CT molecular complexity index is 1030. The van der Waals surface area contributed by atoms with Gasteiger partial charge in [-0.1, -0.05) is 155 Å². The third-order valence-electron chi connectivity index (χ3n) is 9.91. The average molecular weight is 575 g/mol. The first-order chi connectivity index (χ1) is 20.0. The largest absolute Gasteiger partial charge is 0.303 e. The molecular formula is C41H66O. The smallest absolute Gasteiger partial charge is 0.120 e. The normalized spacial score (nSPS) is 15.0. The third kappa shape index (κ3) is 12.6. The van der Waals surface area contributed by atoms with Gasteiger partial charge in [0.25, 0.3) is 0 Å². The zero-order valence-corrected chi connectivity index (χ0v) is 29.4. The monoisotopic (exact) mass is 575 g/mol. The Kier molecular flexibility index (Phi) is 18.0. The number of aldehydes is 1. The minimum Gasteiger partial charge on any atom is -0.303 e. The molecule has 1 unspecified atom stereocenters.